The lowest BCUT2D eigenvalue weighted by Gasteiger charge is -2.09. The average molecular weight is 175 g/mol. The third-order valence-corrected chi connectivity index (χ3v) is 3.05. The van der Waals surface area contributed by atoms with Gasteiger partial charge in [-0.2, -0.15) is 0 Å². The molecule has 0 aromatic heterocycles. The Balaban J connectivity index is 1.97. The summed E-state index contributed by atoms with van der Waals surface area (Å²) in [4.78, 5) is 0. The van der Waals surface area contributed by atoms with Gasteiger partial charge in [0.25, 0.3) is 0 Å². The van der Waals surface area contributed by atoms with E-state index in [1.54, 1.807) is 0 Å². The summed E-state index contributed by atoms with van der Waals surface area (Å²) in [6.45, 7) is 2.17. The summed E-state index contributed by atoms with van der Waals surface area (Å²) in [5.74, 6) is 0. The lowest BCUT2D eigenvalue weighted by Crippen LogP contribution is -2.22. The van der Waals surface area contributed by atoms with Gasteiger partial charge in [0.1, 0.15) is 0 Å². The van der Waals surface area contributed by atoms with Gasteiger partial charge >= 0.3 is 0 Å². The third-order valence-electron chi connectivity index (χ3n) is 3.05. The van der Waals surface area contributed by atoms with Gasteiger partial charge in [0.05, 0.1) is 0 Å². The lowest BCUT2D eigenvalue weighted by molar-refractivity contribution is 0.608. The predicted octanol–water partition coefficient (Wildman–Crippen LogP) is 2.42. The molecule has 0 bridgehead atoms. The Hall–Kier alpha value is -0.820. The van der Waals surface area contributed by atoms with E-state index in [0.29, 0.717) is 0 Å². The highest BCUT2D eigenvalue weighted by Gasteiger charge is 2.37. The number of benzene rings is 1. The molecular formula is C12H17N. The Morgan fingerprint density at radius 1 is 1.31 bits per heavy atom. The summed E-state index contributed by atoms with van der Waals surface area (Å²) in [7, 11) is 0. The zero-order valence-corrected chi connectivity index (χ0v) is 8.22. The van der Waals surface area contributed by atoms with Crippen LogP contribution in [0.3, 0.4) is 0 Å². The van der Waals surface area contributed by atoms with Crippen LogP contribution in [0.2, 0.25) is 0 Å². The Morgan fingerprint density at radius 3 is 2.62 bits per heavy atom. The molecule has 1 aliphatic rings. The molecule has 13 heavy (non-hydrogen) atoms. The second-order valence-electron chi connectivity index (χ2n) is 4.29. The van der Waals surface area contributed by atoms with Crippen molar-refractivity contribution in [3.8, 4) is 0 Å². The molecule has 0 atom stereocenters. The fourth-order valence-corrected chi connectivity index (χ4v) is 1.68. The maximum absolute atomic E-state index is 6.04. The highest BCUT2D eigenvalue weighted by molar-refractivity contribution is 5.26. The van der Waals surface area contributed by atoms with Crippen LogP contribution >= 0.6 is 0 Å². The monoisotopic (exact) mass is 175 g/mol. The Morgan fingerprint density at radius 2 is 2.00 bits per heavy atom. The highest BCUT2D eigenvalue weighted by atomic mass is 14.8. The molecule has 0 unspecified atom stereocenters. The molecule has 0 heterocycles. The quantitative estimate of drug-likeness (QED) is 0.750. The van der Waals surface area contributed by atoms with Crippen molar-refractivity contribution in [2.45, 2.75) is 38.1 Å². The summed E-state index contributed by atoms with van der Waals surface area (Å²) in [6.07, 6.45) is 4.73. The van der Waals surface area contributed by atoms with Crippen LogP contribution in [-0.2, 0) is 6.42 Å². The molecule has 0 saturated heterocycles. The van der Waals surface area contributed by atoms with Crippen molar-refractivity contribution in [2.24, 2.45) is 5.73 Å². The molecule has 0 aliphatic heterocycles. The van der Waals surface area contributed by atoms with Crippen molar-refractivity contribution in [2.75, 3.05) is 0 Å². The van der Waals surface area contributed by atoms with Gasteiger partial charge in [-0.25, -0.2) is 0 Å². The standard InChI is InChI=1S/C12H17N/c1-10-4-2-3-5-11(10)6-7-12(13)8-9-12/h2-5H,6-9,13H2,1H3. The maximum atomic E-state index is 6.04. The molecule has 1 heteroatoms. The minimum Gasteiger partial charge on any atom is -0.325 e. The summed E-state index contributed by atoms with van der Waals surface area (Å²) in [5, 5.41) is 0. The van der Waals surface area contributed by atoms with Gasteiger partial charge in [-0.3, -0.25) is 0 Å². The average Bonchev–Trinajstić information content (AvgIpc) is 2.83. The van der Waals surface area contributed by atoms with Crippen molar-refractivity contribution in [3.05, 3.63) is 35.4 Å². The van der Waals surface area contributed by atoms with E-state index in [-0.39, 0.29) is 5.54 Å². The van der Waals surface area contributed by atoms with Crippen LogP contribution in [0.4, 0.5) is 0 Å². The first-order chi connectivity index (χ1) is 6.20. The van der Waals surface area contributed by atoms with Gasteiger partial charge in [-0.1, -0.05) is 24.3 Å². The van der Waals surface area contributed by atoms with Crippen LogP contribution in [0.25, 0.3) is 0 Å². The van der Waals surface area contributed by atoms with E-state index in [0.717, 1.165) is 12.8 Å². The minimum absolute atomic E-state index is 0.197. The number of hydrogen-bond acceptors (Lipinski definition) is 1. The van der Waals surface area contributed by atoms with Crippen LogP contribution in [-0.4, -0.2) is 5.54 Å². The van der Waals surface area contributed by atoms with Gasteiger partial charge in [-0.15, -0.1) is 0 Å². The zero-order chi connectivity index (χ0) is 9.31. The van der Waals surface area contributed by atoms with E-state index in [9.17, 15) is 0 Å². The van der Waals surface area contributed by atoms with Crippen LogP contribution in [0.5, 0.6) is 0 Å². The molecule has 2 rings (SSSR count). The SMILES string of the molecule is Cc1ccccc1CCC1(N)CC1. The van der Waals surface area contributed by atoms with Gasteiger partial charge in [0.15, 0.2) is 0 Å². The first-order valence-corrected chi connectivity index (χ1v) is 5.03. The molecule has 1 aromatic carbocycles. The number of nitrogens with two attached hydrogens (primary N) is 1. The van der Waals surface area contributed by atoms with Crippen molar-refractivity contribution >= 4 is 0 Å². The van der Waals surface area contributed by atoms with Crippen LogP contribution in [0.1, 0.15) is 30.4 Å². The highest BCUT2D eigenvalue weighted by Crippen LogP contribution is 2.36. The fraction of sp³-hybridized carbons (Fsp3) is 0.500. The van der Waals surface area contributed by atoms with E-state index < -0.39 is 0 Å². The molecule has 0 spiro atoms. The van der Waals surface area contributed by atoms with Gasteiger partial charge in [0.2, 0.25) is 0 Å². The largest absolute Gasteiger partial charge is 0.325 e. The first-order valence-electron chi connectivity index (χ1n) is 5.03. The molecule has 1 nitrogen and oxygen atoms in total. The van der Waals surface area contributed by atoms with E-state index in [2.05, 4.69) is 31.2 Å². The molecule has 1 fully saturated rings. The van der Waals surface area contributed by atoms with Crippen LogP contribution in [0, 0.1) is 6.92 Å². The number of hydrogen-bond donors (Lipinski definition) is 1. The van der Waals surface area contributed by atoms with E-state index in [1.807, 2.05) is 0 Å². The Labute approximate surface area is 80.0 Å². The van der Waals surface area contributed by atoms with Crippen molar-refractivity contribution in [3.63, 3.8) is 0 Å². The van der Waals surface area contributed by atoms with Crippen molar-refractivity contribution < 1.29 is 0 Å². The Bertz CT molecular complexity index is 300. The van der Waals surface area contributed by atoms with Gasteiger partial charge < -0.3 is 5.73 Å². The van der Waals surface area contributed by atoms with Crippen molar-refractivity contribution in [1.82, 2.24) is 0 Å². The number of rotatable bonds is 3. The number of aryl methyl sites for hydroxylation is 2. The van der Waals surface area contributed by atoms with Crippen molar-refractivity contribution in [1.29, 1.82) is 0 Å². The van der Waals surface area contributed by atoms with Gasteiger partial charge in [-0.05, 0) is 43.7 Å². The zero-order valence-electron chi connectivity index (χ0n) is 8.22. The van der Waals surface area contributed by atoms with Crippen LogP contribution in [0.15, 0.2) is 24.3 Å². The molecule has 0 radical (unpaired) electrons. The third kappa shape index (κ3) is 2.10. The second-order valence-corrected chi connectivity index (χ2v) is 4.29. The summed E-state index contributed by atoms with van der Waals surface area (Å²) < 4.78 is 0. The summed E-state index contributed by atoms with van der Waals surface area (Å²) in [6, 6.07) is 8.58. The molecule has 2 N–H and O–H groups in total. The van der Waals surface area contributed by atoms with E-state index in [1.165, 1.54) is 24.0 Å². The maximum Gasteiger partial charge on any atom is 0.0158 e. The molecule has 1 saturated carbocycles. The lowest BCUT2D eigenvalue weighted by atomic mass is 10.0. The fourth-order valence-electron chi connectivity index (χ4n) is 1.68. The minimum atomic E-state index is 0.197. The first kappa shape index (κ1) is 8.76. The second kappa shape index (κ2) is 3.15. The summed E-state index contributed by atoms with van der Waals surface area (Å²) >= 11 is 0. The molecule has 0 amide bonds. The Kier molecular flexibility index (Phi) is 2.12. The molecule has 1 aliphatic carbocycles. The van der Waals surface area contributed by atoms with E-state index in [4.69, 9.17) is 5.73 Å². The smallest absolute Gasteiger partial charge is 0.0158 e. The predicted molar refractivity (Wildman–Crippen MR) is 55.7 cm³/mol. The topological polar surface area (TPSA) is 26.0 Å². The molecule has 70 valence electrons. The molecule has 1 aromatic rings. The molecular weight excluding hydrogens is 158 g/mol. The normalized spacial score (nSPS) is 18.6. The summed E-state index contributed by atoms with van der Waals surface area (Å²) in [5.41, 5.74) is 9.09. The van der Waals surface area contributed by atoms with Crippen LogP contribution < -0.4 is 5.73 Å². The van der Waals surface area contributed by atoms with Gasteiger partial charge in [0, 0.05) is 5.54 Å². The van der Waals surface area contributed by atoms with E-state index >= 15 is 0 Å².